The van der Waals surface area contributed by atoms with Crippen LogP contribution in [0.15, 0.2) is 23.6 Å². The van der Waals surface area contributed by atoms with Crippen molar-refractivity contribution in [1.29, 1.82) is 0 Å². The highest BCUT2D eigenvalue weighted by Gasteiger charge is 2.19. The summed E-state index contributed by atoms with van der Waals surface area (Å²) in [5.74, 6) is -1.00. The zero-order chi connectivity index (χ0) is 14.0. The van der Waals surface area contributed by atoms with Crippen LogP contribution in [0.3, 0.4) is 0 Å². The number of nitrogens with one attached hydrogen (secondary N) is 1. The lowest BCUT2D eigenvalue weighted by Crippen LogP contribution is -2.22. The van der Waals surface area contributed by atoms with Gasteiger partial charge in [-0.15, -0.1) is 11.3 Å². The van der Waals surface area contributed by atoms with Gasteiger partial charge in [0.15, 0.2) is 0 Å². The average molecular weight is 281 g/mol. The normalized spacial score (nSPS) is 12.7. The fourth-order valence-electron chi connectivity index (χ4n) is 2.13. The Morgan fingerprint density at radius 1 is 1.16 bits per heavy atom. The maximum atomic E-state index is 14.0. The van der Waals surface area contributed by atoms with Gasteiger partial charge in [-0.05, 0) is 49.0 Å². The first-order valence-corrected chi connectivity index (χ1v) is 7.14. The maximum Gasteiger partial charge on any atom is 0.131 e. The number of hydrogen-bond acceptors (Lipinski definition) is 2. The second-order valence-electron chi connectivity index (χ2n) is 4.60. The Bertz CT molecular complexity index is 578. The molecule has 1 N–H and O–H groups in total. The largest absolute Gasteiger partial charge is 0.306 e. The molecule has 1 unspecified atom stereocenters. The minimum absolute atomic E-state index is 0.228. The highest BCUT2D eigenvalue weighted by Crippen LogP contribution is 2.29. The molecule has 0 fully saturated rings. The number of aryl methyl sites for hydroxylation is 2. The van der Waals surface area contributed by atoms with Gasteiger partial charge in [0.25, 0.3) is 0 Å². The first kappa shape index (κ1) is 14.2. The SMILES string of the molecule is CCNC(c1csc(C)c1)c1cc(C)c(F)cc1F. The van der Waals surface area contributed by atoms with Crippen molar-refractivity contribution in [3.05, 3.63) is 56.8 Å². The highest BCUT2D eigenvalue weighted by atomic mass is 32.1. The quantitative estimate of drug-likeness (QED) is 0.879. The van der Waals surface area contributed by atoms with Gasteiger partial charge in [-0.3, -0.25) is 0 Å². The molecule has 19 heavy (non-hydrogen) atoms. The Labute approximate surface area is 116 Å². The Balaban J connectivity index is 2.47. The van der Waals surface area contributed by atoms with Crippen LogP contribution in [-0.4, -0.2) is 6.54 Å². The lowest BCUT2D eigenvalue weighted by atomic mass is 9.98. The van der Waals surface area contributed by atoms with Crippen molar-refractivity contribution >= 4 is 11.3 Å². The van der Waals surface area contributed by atoms with Gasteiger partial charge in [-0.2, -0.15) is 0 Å². The monoisotopic (exact) mass is 281 g/mol. The lowest BCUT2D eigenvalue weighted by Gasteiger charge is -2.19. The smallest absolute Gasteiger partial charge is 0.131 e. The van der Waals surface area contributed by atoms with Crippen molar-refractivity contribution in [2.45, 2.75) is 26.8 Å². The Hall–Kier alpha value is -1.26. The van der Waals surface area contributed by atoms with Crippen LogP contribution in [-0.2, 0) is 0 Å². The number of thiophene rings is 1. The summed E-state index contributed by atoms with van der Waals surface area (Å²) in [6.45, 7) is 6.36. The van der Waals surface area contributed by atoms with Crippen molar-refractivity contribution in [2.75, 3.05) is 6.54 Å². The third kappa shape index (κ3) is 3.01. The van der Waals surface area contributed by atoms with Crippen molar-refractivity contribution in [3.63, 3.8) is 0 Å². The van der Waals surface area contributed by atoms with E-state index in [0.29, 0.717) is 11.1 Å². The fourth-order valence-corrected chi connectivity index (χ4v) is 2.86. The molecule has 1 nitrogen and oxygen atoms in total. The Kier molecular flexibility index (Phi) is 4.32. The summed E-state index contributed by atoms with van der Waals surface area (Å²) in [4.78, 5) is 1.18. The average Bonchev–Trinajstić information content (AvgIpc) is 2.78. The molecule has 0 spiro atoms. The summed E-state index contributed by atoms with van der Waals surface area (Å²) < 4.78 is 27.4. The fraction of sp³-hybridized carbons (Fsp3) is 0.333. The predicted molar refractivity (Wildman–Crippen MR) is 75.7 cm³/mol. The molecule has 0 aliphatic rings. The molecule has 1 aromatic carbocycles. The molecule has 0 aliphatic heterocycles. The minimum atomic E-state index is -0.502. The van der Waals surface area contributed by atoms with Gasteiger partial charge >= 0.3 is 0 Å². The molecule has 4 heteroatoms. The van der Waals surface area contributed by atoms with E-state index in [0.717, 1.165) is 18.2 Å². The summed E-state index contributed by atoms with van der Waals surface area (Å²) in [7, 11) is 0. The van der Waals surface area contributed by atoms with Crippen molar-refractivity contribution in [3.8, 4) is 0 Å². The predicted octanol–water partition coefficient (Wildman–Crippen LogP) is 4.34. The van der Waals surface area contributed by atoms with Gasteiger partial charge in [-0.1, -0.05) is 6.92 Å². The minimum Gasteiger partial charge on any atom is -0.306 e. The van der Waals surface area contributed by atoms with Crippen LogP contribution in [0.5, 0.6) is 0 Å². The molecule has 102 valence electrons. The molecule has 0 saturated heterocycles. The van der Waals surface area contributed by atoms with Crippen LogP contribution >= 0.6 is 11.3 Å². The van der Waals surface area contributed by atoms with Gasteiger partial charge in [0, 0.05) is 16.5 Å². The van der Waals surface area contributed by atoms with Crippen molar-refractivity contribution in [1.82, 2.24) is 5.32 Å². The third-order valence-corrected chi connectivity index (χ3v) is 3.96. The first-order valence-electron chi connectivity index (χ1n) is 6.27. The van der Waals surface area contributed by atoms with E-state index in [1.807, 2.05) is 25.3 Å². The molecule has 0 aliphatic carbocycles. The van der Waals surface area contributed by atoms with E-state index in [4.69, 9.17) is 0 Å². The Morgan fingerprint density at radius 2 is 1.89 bits per heavy atom. The molecule has 2 rings (SSSR count). The van der Waals surface area contributed by atoms with Crippen LogP contribution in [0.4, 0.5) is 8.78 Å². The molecular formula is C15H17F2NS. The first-order chi connectivity index (χ1) is 9.02. The summed E-state index contributed by atoms with van der Waals surface area (Å²) in [5, 5.41) is 5.27. The topological polar surface area (TPSA) is 12.0 Å². The van der Waals surface area contributed by atoms with Crippen LogP contribution in [0.1, 0.15) is 34.5 Å². The summed E-state index contributed by atoms with van der Waals surface area (Å²) in [5.41, 5.74) is 1.99. The highest BCUT2D eigenvalue weighted by molar-refractivity contribution is 7.10. The van der Waals surface area contributed by atoms with Crippen LogP contribution in [0.2, 0.25) is 0 Å². The second kappa shape index (κ2) is 5.80. The van der Waals surface area contributed by atoms with E-state index in [9.17, 15) is 8.78 Å². The molecule has 1 aromatic heterocycles. The molecule has 0 radical (unpaired) electrons. The van der Waals surface area contributed by atoms with Crippen molar-refractivity contribution in [2.24, 2.45) is 0 Å². The molecule has 1 heterocycles. The molecule has 0 amide bonds. The van der Waals surface area contributed by atoms with Gasteiger partial charge < -0.3 is 5.32 Å². The summed E-state index contributed by atoms with van der Waals surface area (Å²) in [6, 6.07) is 4.37. The van der Waals surface area contributed by atoms with Crippen molar-refractivity contribution < 1.29 is 8.78 Å². The van der Waals surface area contributed by atoms with Gasteiger partial charge in [0.2, 0.25) is 0 Å². The number of halogens is 2. The van der Waals surface area contributed by atoms with E-state index < -0.39 is 11.6 Å². The van der Waals surface area contributed by atoms with Crippen LogP contribution in [0.25, 0.3) is 0 Å². The third-order valence-electron chi connectivity index (χ3n) is 3.08. The lowest BCUT2D eigenvalue weighted by molar-refractivity contribution is 0.538. The second-order valence-corrected chi connectivity index (χ2v) is 5.72. The molecule has 0 saturated carbocycles. The zero-order valence-corrected chi connectivity index (χ0v) is 12.1. The van der Waals surface area contributed by atoms with Crippen LogP contribution < -0.4 is 5.32 Å². The zero-order valence-electron chi connectivity index (χ0n) is 11.3. The number of hydrogen-bond donors (Lipinski definition) is 1. The maximum absolute atomic E-state index is 14.0. The standard InChI is InChI=1S/C15H17F2NS/c1-4-18-15(11-6-10(3)19-8-11)12-5-9(2)13(16)7-14(12)17/h5-8,15,18H,4H2,1-3H3. The molecule has 2 aromatic rings. The molecule has 0 bridgehead atoms. The summed E-state index contributed by atoms with van der Waals surface area (Å²) in [6.07, 6.45) is 0. The van der Waals surface area contributed by atoms with E-state index in [-0.39, 0.29) is 6.04 Å². The summed E-state index contributed by atoms with van der Waals surface area (Å²) >= 11 is 1.63. The Morgan fingerprint density at radius 3 is 2.47 bits per heavy atom. The van der Waals surface area contributed by atoms with E-state index in [1.165, 1.54) is 4.88 Å². The van der Waals surface area contributed by atoms with E-state index in [2.05, 4.69) is 5.32 Å². The van der Waals surface area contributed by atoms with Gasteiger partial charge in [-0.25, -0.2) is 8.78 Å². The van der Waals surface area contributed by atoms with Gasteiger partial charge in [0.05, 0.1) is 6.04 Å². The van der Waals surface area contributed by atoms with E-state index in [1.54, 1.807) is 24.3 Å². The molecule has 1 atom stereocenters. The van der Waals surface area contributed by atoms with E-state index >= 15 is 0 Å². The number of rotatable bonds is 4. The molecular weight excluding hydrogens is 264 g/mol. The van der Waals surface area contributed by atoms with Crippen LogP contribution in [0, 0.1) is 25.5 Å². The number of benzene rings is 1. The van der Waals surface area contributed by atoms with Gasteiger partial charge in [0.1, 0.15) is 11.6 Å².